The maximum Gasteiger partial charge on any atom is 0.471 e. The molecule has 0 N–H and O–H groups in total. The van der Waals surface area contributed by atoms with Gasteiger partial charge in [0.05, 0.1) is 13.1 Å². The molecule has 1 fully saturated rings. The van der Waals surface area contributed by atoms with Crippen molar-refractivity contribution in [3.63, 3.8) is 0 Å². The first-order valence-electron chi connectivity index (χ1n) is 8.26. The molecule has 1 rings (SSSR count). The summed E-state index contributed by atoms with van der Waals surface area (Å²) in [4.78, 5) is 36.2. The fourth-order valence-corrected chi connectivity index (χ4v) is 2.37. The Morgan fingerprint density at radius 2 is 1.43 bits per heavy atom. The highest BCUT2D eigenvalue weighted by Crippen LogP contribution is 2.24. The predicted molar refractivity (Wildman–Crippen MR) is 84.5 cm³/mol. The third-order valence-electron chi connectivity index (χ3n) is 3.89. The summed E-state index contributed by atoms with van der Waals surface area (Å²) >= 11 is 0. The van der Waals surface area contributed by atoms with Gasteiger partial charge in [0.15, 0.2) is 0 Å². The van der Waals surface area contributed by atoms with Crippen LogP contribution in [-0.4, -0.2) is 84.5 Å². The molecule has 0 aromatic carbocycles. The van der Waals surface area contributed by atoms with E-state index in [9.17, 15) is 40.7 Å². The van der Waals surface area contributed by atoms with E-state index in [1.807, 2.05) is 0 Å². The van der Waals surface area contributed by atoms with Crippen molar-refractivity contribution in [2.45, 2.75) is 31.6 Å². The molecule has 1 heterocycles. The molecule has 0 aromatic rings. The van der Waals surface area contributed by atoms with Gasteiger partial charge in [-0.2, -0.15) is 26.3 Å². The van der Waals surface area contributed by atoms with Crippen molar-refractivity contribution >= 4 is 17.7 Å². The van der Waals surface area contributed by atoms with E-state index in [0.717, 1.165) is 30.8 Å². The fourth-order valence-electron chi connectivity index (χ4n) is 2.37. The third-order valence-corrected chi connectivity index (χ3v) is 3.89. The molecule has 0 aliphatic carbocycles. The Morgan fingerprint density at radius 1 is 0.929 bits per heavy atom. The van der Waals surface area contributed by atoms with Gasteiger partial charge in [0, 0.05) is 20.0 Å². The second-order valence-corrected chi connectivity index (χ2v) is 6.09. The first-order valence-corrected chi connectivity index (χ1v) is 8.26. The summed E-state index contributed by atoms with van der Waals surface area (Å²) in [6.45, 7) is 0.893. The predicted octanol–water partition coefficient (Wildman–Crippen LogP) is 1.41. The van der Waals surface area contributed by atoms with Crippen LogP contribution < -0.4 is 0 Å². The molecule has 12 heteroatoms. The maximum absolute atomic E-state index is 12.4. The fraction of sp³-hybridized carbons (Fsp3) is 0.688. The normalized spacial score (nSPS) is 15.0. The molecular formula is C16H19F6N3O3. The van der Waals surface area contributed by atoms with E-state index in [1.165, 1.54) is 7.05 Å². The molecule has 158 valence electrons. The van der Waals surface area contributed by atoms with Gasteiger partial charge in [0.2, 0.25) is 5.91 Å². The van der Waals surface area contributed by atoms with Gasteiger partial charge in [0.25, 0.3) is 0 Å². The van der Waals surface area contributed by atoms with Crippen molar-refractivity contribution in [1.29, 1.82) is 0 Å². The highest BCUT2D eigenvalue weighted by Gasteiger charge is 2.51. The van der Waals surface area contributed by atoms with Crippen LogP contribution in [0.25, 0.3) is 0 Å². The van der Waals surface area contributed by atoms with Crippen molar-refractivity contribution < 1.29 is 40.7 Å². The monoisotopic (exact) mass is 415 g/mol. The molecule has 1 aliphatic heterocycles. The van der Waals surface area contributed by atoms with Gasteiger partial charge in [-0.05, 0) is 25.9 Å². The van der Waals surface area contributed by atoms with Gasteiger partial charge < -0.3 is 4.90 Å². The molecule has 1 aliphatic rings. The molecule has 1 saturated heterocycles. The summed E-state index contributed by atoms with van der Waals surface area (Å²) in [6, 6.07) is 0. The molecule has 0 atom stereocenters. The van der Waals surface area contributed by atoms with Crippen LogP contribution in [0.3, 0.4) is 0 Å². The number of amides is 3. The van der Waals surface area contributed by atoms with Gasteiger partial charge in [-0.1, -0.05) is 11.8 Å². The summed E-state index contributed by atoms with van der Waals surface area (Å²) in [5.41, 5.74) is 0. The molecule has 0 unspecified atom stereocenters. The molecular weight excluding hydrogens is 396 g/mol. The molecule has 28 heavy (non-hydrogen) atoms. The third kappa shape index (κ3) is 7.38. The Bertz CT molecular complexity index is 619. The summed E-state index contributed by atoms with van der Waals surface area (Å²) in [5, 5.41) is 0. The van der Waals surface area contributed by atoms with Gasteiger partial charge in [0.1, 0.15) is 0 Å². The van der Waals surface area contributed by atoms with Crippen LogP contribution in [0.4, 0.5) is 26.3 Å². The standard InChI is InChI=1S/C16H19F6N3O3/c1-23(7-2-3-8-24-9-4-5-10-24)12(26)6-11-25(13(27)15(17,18)19)14(28)16(20,21)22/h4-11H2,1H3. The van der Waals surface area contributed by atoms with Crippen molar-refractivity contribution in [2.75, 3.05) is 39.8 Å². The molecule has 3 amide bonds. The topological polar surface area (TPSA) is 60.9 Å². The summed E-state index contributed by atoms with van der Waals surface area (Å²) in [7, 11) is 1.26. The van der Waals surface area contributed by atoms with Crippen LogP contribution in [0.1, 0.15) is 19.3 Å². The Labute approximate surface area is 157 Å². The Kier molecular flexibility index (Phi) is 8.29. The zero-order valence-electron chi connectivity index (χ0n) is 15.0. The smallest absolute Gasteiger partial charge is 0.335 e. The van der Waals surface area contributed by atoms with E-state index in [0.29, 0.717) is 6.54 Å². The minimum Gasteiger partial charge on any atom is -0.335 e. The zero-order chi connectivity index (χ0) is 21.5. The van der Waals surface area contributed by atoms with Crippen LogP contribution >= 0.6 is 0 Å². The SMILES string of the molecule is CN(CC#CCN1CCCC1)C(=O)CCN(C(=O)C(F)(F)F)C(=O)C(F)(F)F. The average molecular weight is 415 g/mol. The number of hydrogen-bond donors (Lipinski definition) is 0. The average Bonchev–Trinajstić information content (AvgIpc) is 3.09. The van der Waals surface area contributed by atoms with Crippen LogP contribution in [0.5, 0.6) is 0 Å². The van der Waals surface area contributed by atoms with Crippen LogP contribution in [-0.2, 0) is 14.4 Å². The summed E-state index contributed by atoms with van der Waals surface area (Å²) in [5.74, 6) is -1.31. The van der Waals surface area contributed by atoms with Gasteiger partial charge in [-0.15, -0.1) is 0 Å². The first kappa shape index (κ1) is 23.7. The van der Waals surface area contributed by atoms with Crippen LogP contribution in [0, 0.1) is 11.8 Å². The van der Waals surface area contributed by atoms with E-state index in [-0.39, 0.29) is 6.54 Å². The van der Waals surface area contributed by atoms with Gasteiger partial charge in [-0.3, -0.25) is 24.2 Å². The number of carbonyl (C=O) groups is 3. The molecule has 0 spiro atoms. The van der Waals surface area contributed by atoms with Crippen molar-refractivity contribution in [3.05, 3.63) is 0 Å². The second-order valence-electron chi connectivity index (χ2n) is 6.09. The zero-order valence-corrected chi connectivity index (χ0v) is 15.0. The number of imide groups is 1. The number of halogens is 6. The summed E-state index contributed by atoms with van der Waals surface area (Å²) in [6.07, 6.45) is -10.1. The minimum atomic E-state index is -5.68. The number of carbonyl (C=O) groups excluding carboxylic acids is 3. The van der Waals surface area contributed by atoms with Gasteiger partial charge >= 0.3 is 24.2 Å². The lowest BCUT2D eigenvalue weighted by Gasteiger charge is -2.23. The van der Waals surface area contributed by atoms with E-state index < -0.39 is 47.9 Å². The molecule has 0 radical (unpaired) electrons. The van der Waals surface area contributed by atoms with Crippen LogP contribution in [0.15, 0.2) is 0 Å². The van der Waals surface area contributed by atoms with E-state index >= 15 is 0 Å². The number of rotatable bonds is 5. The highest BCUT2D eigenvalue weighted by atomic mass is 19.4. The number of likely N-dealkylation sites (tertiary alicyclic amines) is 1. The number of alkyl halides is 6. The largest absolute Gasteiger partial charge is 0.471 e. The minimum absolute atomic E-state index is 0.0902. The van der Waals surface area contributed by atoms with E-state index in [1.54, 1.807) is 0 Å². The Hall–Kier alpha value is -2.29. The number of hydrogen-bond acceptors (Lipinski definition) is 4. The van der Waals surface area contributed by atoms with E-state index in [2.05, 4.69) is 16.7 Å². The first-order chi connectivity index (χ1) is 12.8. The van der Waals surface area contributed by atoms with E-state index in [4.69, 9.17) is 0 Å². The summed E-state index contributed by atoms with van der Waals surface area (Å²) < 4.78 is 74.6. The molecule has 6 nitrogen and oxygen atoms in total. The highest BCUT2D eigenvalue weighted by molar-refractivity contribution is 6.00. The lowest BCUT2D eigenvalue weighted by atomic mass is 10.3. The molecule has 0 bridgehead atoms. The lowest BCUT2D eigenvalue weighted by molar-refractivity contribution is -0.204. The second kappa shape index (κ2) is 9.77. The van der Waals surface area contributed by atoms with Crippen molar-refractivity contribution in [3.8, 4) is 11.8 Å². The van der Waals surface area contributed by atoms with Gasteiger partial charge in [-0.25, -0.2) is 0 Å². The quantitative estimate of drug-likeness (QED) is 0.504. The maximum atomic E-state index is 12.4. The number of nitrogens with zero attached hydrogens (tertiary/aromatic N) is 3. The Morgan fingerprint density at radius 3 is 1.89 bits per heavy atom. The van der Waals surface area contributed by atoms with Crippen LogP contribution in [0.2, 0.25) is 0 Å². The lowest BCUT2D eigenvalue weighted by Crippen LogP contribution is -2.51. The van der Waals surface area contributed by atoms with Crippen molar-refractivity contribution in [2.24, 2.45) is 0 Å². The van der Waals surface area contributed by atoms with Crippen molar-refractivity contribution in [1.82, 2.24) is 14.7 Å². The molecule has 0 saturated carbocycles. The molecule has 0 aromatic heterocycles. The Balaban J connectivity index is 2.62.